The largest absolute Gasteiger partial charge is 0.380 e. The van der Waals surface area contributed by atoms with Crippen molar-refractivity contribution in [2.75, 3.05) is 10.2 Å². The van der Waals surface area contributed by atoms with E-state index in [1.807, 2.05) is 72.8 Å². The van der Waals surface area contributed by atoms with Crippen LogP contribution in [0.25, 0.3) is 0 Å². The van der Waals surface area contributed by atoms with Gasteiger partial charge in [0.2, 0.25) is 0 Å². The number of aromatic nitrogens is 1. The molecule has 0 aliphatic rings. The highest BCUT2D eigenvalue weighted by Gasteiger charge is 2.20. The fourth-order valence-corrected chi connectivity index (χ4v) is 2.85. The van der Waals surface area contributed by atoms with Crippen LogP contribution in [0.4, 0.5) is 11.4 Å². The van der Waals surface area contributed by atoms with Crippen LogP contribution in [0, 0.1) is 0 Å². The lowest BCUT2D eigenvalue weighted by Crippen LogP contribution is -2.31. The van der Waals surface area contributed by atoms with Gasteiger partial charge in [0, 0.05) is 23.1 Å². The van der Waals surface area contributed by atoms with Crippen LogP contribution in [-0.4, -0.2) is 16.4 Å². The molecule has 0 aliphatic heterocycles. The third kappa shape index (κ3) is 5.17. The Labute approximate surface area is 160 Å². The summed E-state index contributed by atoms with van der Waals surface area (Å²) in [5.74, 6) is -0.123. The lowest BCUT2D eigenvalue weighted by molar-refractivity contribution is 0.0980. The van der Waals surface area contributed by atoms with E-state index in [0.717, 1.165) is 16.9 Å². The molecule has 138 valence electrons. The average molecular weight is 359 g/mol. The summed E-state index contributed by atoms with van der Waals surface area (Å²) in [5.41, 5.74) is 3.13. The van der Waals surface area contributed by atoms with E-state index in [0.29, 0.717) is 12.2 Å². The molecule has 1 amide bonds. The van der Waals surface area contributed by atoms with Gasteiger partial charge in [0.25, 0.3) is 5.91 Å². The van der Waals surface area contributed by atoms with E-state index in [1.165, 1.54) is 0 Å². The number of carbonyl (C=O) groups excluding carboxylic acids is 1. The Morgan fingerprint density at radius 2 is 1.59 bits per heavy atom. The van der Waals surface area contributed by atoms with Crippen LogP contribution in [0.5, 0.6) is 0 Å². The Morgan fingerprint density at radius 3 is 2.22 bits per heavy atom. The van der Waals surface area contributed by atoms with Crippen molar-refractivity contribution < 1.29 is 4.79 Å². The Hall–Kier alpha value is -3.14. The highest BCUT2D eigenvalue weighted by atomic mass is 16.2. The fourth-order valence-electron chi connectivity index (χ4n) is 2.85. The Morgan fingerprint density at radius 1 is 0.963 bits per heavy atom. The SMILES string of the molecule is CC(C)(C)Nc1ccnc(C(=O)N(Cc2ccccc2)c2ccccc2)c1. The van der Waals surface area contributed by atoms with Crippen molar-refractivity contribution in [2.24, 2.45) is 0 Å². The molecule has 3 aromatic rings. The molecule has 1 N–H and O–H groups in total. The van der Waals surface area contributed by atoms with Crippen molar-refractivity contribution >= 4 is 17.3 Å². The number of hydrogen-bond donors (Lipinski definition) is 1. The molecule has 0 fully saturated rings. The Balaban J connectivity index is 1.92. The maximum absolute atomic E-state index is 13.3. The van der Waals surface area contributed by atoms with Gasteiger partial charge in [-0.25, -0.2) is 0 Å². The van der Waals surface area contributed by atoms with Gasteiger partial charge in [-0.2, -0.15) is 0 Å². The molecule has 0 saturated heterocycles. The van der Waals surface area contributed by atoms with E-state index in [9.17, 15) is 4.79 Å². The maximum atomic E-state index is 13.3. The summed E-state index contributed by atoms with van der Waals surface area (Å²) >= 11 is 0. The summed E-state index contributed by atoms with van der Waals surface area (Å²) in [7, 11) is 0. The van der Waals surface area contributed by atoms with Gasteiger partial charge in [-0.3, -0.25) is 9.78 Å². The van der Waals surface area contributed by atoms with Crippen LogP contribution in [0.2, 0.25) is 0 Å². The zero-order valence-electron chi connectivity index (χ0n) is 16.0. The Kier molecular flexibility index (Phi) is 5.55. The zero-order chi connectivity index (χ0) is 19.3. The normalized spacial score (nSPS) is 11.1. The van der Waals surface area contributed by atoms with E-state index >= 15 is 0 Å². The third-order valence-corrected chi connectivity index (χ3v) is 3.99. The molecule has 4 nitrogen and oxygen atoms in total. The van der Waals surface area contributed by atoms with Crippen molar-refractivity contribution in [2.45, 2.75) is 32.9 Å². The van der Waals surface area contributed by atoms with E-state index in [-0.39, 0.29) is 11.4 Å². The molecule has 0 aliphatic carbocycles. The summed E-state index contributed by atoms with van der Waals surface area (Å²) in [5, 5.41) is 3.39. The second-order valence-corrected chi connectivity index (χ2v) is 7.52. The maximum Gasteiger partial charge on any atom is 0.277 e. The van der Waals surface area contributed by atoms with Crippen LogP contribution in [-0.2, 0) is 6.54 Å². The molecule has 1 aromatic heterocycles. The van der Waals surface area contributed by atoms with E-state index in [2.05, 4.69) is 31.1 Å². The summed E-state index contributed by atoms with van der Waals surface area (Å²) in [4.78, 5) is 19.4. The van der Waals surface area contributed by atoms with Crippen molar-refractivity contribution in [3.05, 3.63) is 90.3 Å². The smallest absolute Gasteiger partial charge is 0.277 e. The molecule has 0 bridgehead atoms. The van der Waals surface area contributed by atoms with E-state index in [1.54, 1.807) is 11.1 Å². The van der Waals surface area contributed by atoms with Gasteiger partial charge < -0.3 is 10.2 Å². The minimum absolute atomic E-state index is 0.0924. The van der Waals surface area contributed by atoms with Gasteiger partial charge >= 0.3 is 0 Å². The number of benzene rings is 2. The van der Waals surface area contributed by atoms with Crippen LogP contribution >= 0.6 is 0 Å². The number of amides is 1. The monoisotopic (exact) mass is 359 g/mol. The molecule has 0 atom stereocenters. The second kappa shape index (κ2) is 8.04. The lowest BCUT2D eigenvalue weighted by Gasteiger charge is -2.24. The molecular formula is C23H25N3O. The molecule has 0 radical (unpaired) electrons. The standard InChI is InChI=1S/C23H25N3O/c1-23(2,3)25-19-14-15-24-21(16-19)22(27)26(20-12-8-5-9-13-20)17-18-10-6-4-7-11-18/h4-16H,17H2,1-3H3,(H,24,25). The van der Waals surface area contributed by atoms with Crippen molar-refractivity contribution in [3.8, 4) is 0 Å². The molecule has 1 heterocycles. The predicted molar refractivity (Wildman–Crippen MR) is 111 cm³/mol. The van der Waals surface area contributed by atoms with Crippen LogP contribution in [0.1, 0.15) is 36.8 Å². The number of nitrogens with one attached hydrogen (secondary N) is 1. The second-order valence-electron chi connectivity index (χ2n) is 7.52. The van der Waals surface area contributed by atoms with Crippen molar-refractivity contribution in [1.29, 1.82) is 0 Å². The first kappa shape index (κ1) is 18.6. The summed E-state index contributed by atoms with van der Waals surface area (Å²) in [6.45, 7) is 6.74. The van der Waals surface area contributed by atoms with Gasteiger partial charge in [-0.15, -0.1) is 0 Å². The molecule has 3 rings (SSSR count). The number of pyridine rings is 1. The first-order chi connectivity index (χ1) is 12.9. The third-order valence-electron chi connectivity index (χ3n) is 3.99. The zero-order valence-corrected chi connectivity index (χ0v) is 16.0. The van der Waals surface area contributed by atoms with Crippen LogP contribution in [0.3, 0.4) is 0 Å². The fraction of sp³-hybridized carbons (Fsp3) is 0.217. The number of anilines is 2. The minimum atomic E-state index is -0.123. The molecular weight excluding hydrogens is 334 g/mol. The van der Waals surface area contributed by atoms with Gasteiger partial charge in [0.1, 0.15) is 5.69 Å². The number of carbonyl (C=O) groups is 1. The van der Waals surface area contributed by atoms with Gasteiger partial charge in [0.05, 0.1) is 6.54 Å². The molecule has 2 aromatic carbocycles. The molecule has 0 unspecified atom stereocenters. The predicted octanol–water partition coefficient (Wildman–Crippen LogP) is 5.14. The number of rotatable bonds is 5. The van der Waals surface area contributed by atoms with Crippen molar-refractivity contribution in [1.82, 2.24) is 4.98 Å². The van der Waals surface area contributed by atoms with Crippen molar-refractivity contribution in [3.63, 3.8) is 0 Å². The number of nitrogens with zero attached hydrogens (tertiary/aromatic N) is 2. The number of para-hydroxylation sites is 1. The van der Waals surface area contributed by atoms with E-state index in [4.69, 9.17) is 0 Å². The lowest BCUT2D eigenvalue weighted by atomic mass is 10.1. The first-order valence-electron chi connectivity index (χ1n) is 9.07. The summed E-state index contributed by atoms with van der Waals surface area (Å²) in [6, 6.07) is 23.4. The van der Waals surface area contributed by atoms with Crippen LogP contribution in [0.15, 0.2) is 79.0 Å². The van der Waals surface area contributed by atoms with E-state index < -0.39 is 0 Å². The molecule has 0 spiro atoms. The quantitative estimate of drug-likeness (QED) is 0.686. The molecule has 0 saturated carbocycles. The average Bonchev–Trinajstić information content (AvgIpc) is 2.66. The highest BCUT2D eigenvalue weighted by Crippen LogP contribution is 2.21. The number of hydrogen-bond acceptors (Lipinski definition) is 3. The van der Waals surface area contributed by atoms with Gasteiger partial charge in [-0.1, -0.05) is 48.5 Å². The summed E-state index contributed by atoms with van der Waals surface area (Å²) < 4.78 is 0. The Bertz CT molecular complexity index is 886. The van der Waals surface area contributed by atoms with Gasteiger partial charge in [0.15, 0.2) is 0 Å². The van der Waals surface area contributed by atoms with Crippen LogP contribution < -0.4 is 10.2 Å². The molecule has 27 heavy (non-hydrogen) atoms. The first-order valence-corrected chi connectivity index (χ1v) is 9.07. The minimum Gasteiger partial charge on any atom is -0.380 e. The topological polar surface area (TPSA) is 45.2 Å². The summed E-state index contributed by atoms with van der Waals surface area (Å²) in [6.07, 6.45) is 1.67. The van der Waals surface area contributed by atoms with Gasteiger partial charge in [-0.05, 0) is 50.6 Å². The highest BCUT2D eigenvalue weighted by molar-refractivity contribution is 6.05. The molecule has 4 heteroatoms.